The quantitative estimate of drug-likeness (QED) is 0.188. The van der Waals surface area contributed by atoms with E-state index in [-0.39, 0.29) is 5.75 Å². The van der Waals surface area contributed by atoms with Crippen LogP contribution in [0.2, 0.25) is 0 Å². The predicted octanol–water partition coefficient (Wildman–Crippen LogP) is 3.08. The molecule has 0 bridgehead atoms. The van der Waals surface area contributed by atoms with Crippen LogP contribution in [0.4, 0.5) is 13.2 Å². The summed E-state index contributed by atoms with van der Waals surface area (Å²) in [6.45, 7) is -0.510. The number of rotatable bonds is 11. The first-order valence-electron chi connectivity index (χ1n) is 13.1. The van der Waals surface area contributed by atoms with Crippen molar-refractivity contribution < 1.29 is 56.3 Å². The summed E-state index contributed by atoms with van der Waals surface area (Å²) >= 11 is 5.60. The summed E-state index contributed by atoms with van der Waals surface area (Å²) in [5.41, 5.74) is -2.99. The van der Waals surface area contributed by atoms with Crippen LogP contribution in [0.25, 0.3) is 10.8 Å². The lowest BCUT2D eigenvalue weighted by Gasteiger charge is -2.35. The summed E-state index contributed by atoms with van der Waals surface area (Å²) in [5, 5.41) is 25.7. The van der Waals surface area contributed by atoms with Crippen LogP contribution in [0.5, 0.6) is 5.75 Å². The van der Waals surface area contributed by atoms with Crippen molar-refractivity contribution in [1.82, 2.24) is 9.99 Å². The van der Waals surface area contributed by atoms with Gasteiger partial charge in [0.05, 0.1) is 19.1 Å². The molecule has 2 aliphatic rings. The van der Waals surface area contributed by atoms with Crippen LogP contribution in [0.1, 0.15) is 27.2 Å². The number of Topliss-reactive ketones (excluding diaryl/α,β-unsaturated/α-hetero) is 1. The number of allylic oxidation sites excluding steroid dienone is 1. The molecule has 11 nitrogen and oxygen atoms in total. The lowest BCUT2D eigenvalue weighted by molar-refractivity contribution is -0.199. The number of aliphatic hydroxyl groups is 2. The Morgan fingerprint density at radius 3 is 2.51 bits per heavy atom. The van der Waals surface area contributed by atoms with Gasteiger partial charge in [-0.05, 0) is 55.5 Å². The minimum absolute atomic E-state index is 0.167. The van der Waals surface area contributed by atoms with Crippen LogP contribution in [-0.4, -0.2) is 82.0 Å². The second-order valence-corrected chi connectivity index (χ2v) is 13.4. The highest BCUT2D eigenvalue weighted by Crippen LogP contribution is 2.49. The fraction of sp³-hybridized carbons (Fsp3) is 0.444. The summed E-state index contributed by atoms with van der Waals surface area (Å²) in [5.74, 6) is -4.11. The molecule has 0 radical (unpaired) electrons. The van der Waals surface area contributed by atoms with Crippen LogP contribution in [0.3, 0.4) is 0 Å². The van der Waals surface area contributed by atoms with Gasteiger partial charge in [-0.2, -0.15) is 0 Å². The number of carbonyl (C=O) groups is 3. The molecule has 3 N–H and O–H groups in total. The van der Waals surface area contributed by atoms with Crippen molar-refractivity contribution in [2.45, 2.75) is 69.8 Å². The summed E-state index contributed by atoms with van der Waals surface area (Å²) in [6, 6.07) is 11.0. The highest BCUT2D eigenvalue weighted by atomic mass is 32.5. The lowest BCUT2D eigenvalue weighted by atomic mass is 9.96. The minimum atomic E-state index is -3.96. The monoisotopic (exact) mass is 646 g/mol. The van der Waals surface area contributed by atoms with Gasteiger partial charge < -0.3 is 28.7 Å². The Bertz CT molecular complexity index is 1480. The first-order valence-corrected chi connectivity index (χ1v) is 15.7. The Morgan fingerprint density at radius 1 is 1.19 bits per heavy atom. The molecule has 4 rings (SSSR count). The maximum atomic E-state index is 14.6. The van der Waals surface area contributed by atoms with Gasteiger partial charge in [-0.25, -0.2) is 18.3 Å². The molecule has 1 unspecified atom stereocenters. The van der Waals surface area contributed by atoms with E-state index in [0.29, 0.717) is 11.1 Å². The highest BCUT2D eigenvalue weighted by molar-refractivity contribution is 8.09. The number of benzene rings is 2. The van der Waals surface area contributed by atoms with E-state index in [1.807, 2.05) is 12.1 Å². The molecule has 1 saturated heterocycles. The van der Waals surface area contributed by atoms with E-state index in [1.54, 1.807) is 44.2 Å². The third-order valence-electron chi connectivity index (χ3n) is 6.68. The van der Waals surface area contributed by atoms with Crippen LogP contribution in [0.15, 0.2) is 54.5 Å². The van der Waals surface area contributed by atoms with Gasteiger partial charge in [0, 0.05) is 6.20 Å². The summed E-state index contributed by atoms with van der Waals surface area (Å²) in [4.78, 5) is 36.9. The number of ketones is 1. The molecule has 16 heteroatoms. The van der Waals surface area contributed by atoms with E-state index in [4.69, 9.17) is 30.3 Å². The van der Waals surface area contributed by atoms with Crippen LogP contribution in [-0.2, 0) is 40.2 Å². The van der Waals surface area contributed by atoms with Gasteiger partial charge in [-0.15, -0.1) is 0 Å². The second kappa shape index (κ2) is 13.0. The van der Waals surface area contributed by atoms with E-state index >= 15 is 0 Å². The van der Waals surface area contributed by atoms with Gasteiger partial charge in [-0.3, -0.25) is 19.3 Å². The molecule has 1 amide bonds. The van der Waals surface area contributed by atoms with E-state index in [0.717, 1.165) is 10.8 Å². The van der Waals surface area contributed by atoms with Crippen molar-refractivity contribution in [3.8, 4) is 5.75 Å². The number of hydrogen-bond donors (Lipinski definition) is 3. The molecule has 1 fully saturated rings. The van der Waals surface area contributed by atoms with Gasteiger partial charge >= 0.3 is 12.6 Å². The highest BCUT2D eigenvalue weighted by Gasteiger charge is 2.62. The number of carbonyl (C=O) groups excluding carboxylic acids is 3. The number of aliphatic hydroxyl groups excluding tert-OH is 2. The number of nitrogens with one attached hydrogen (secondary N) is 1. The molecule has 6 atom stereocenters. The number of esters is 1. The van der Waals surface area contributed by atoms with Gasteiger partial charge in [0.25, 0.3) is 6.43 Å². The predicted molar refractivity (Wildman–Crippen MR) is 150 cm³/mol. The standard InChI is InChI=1S/C27H30F3N2O9PS/c1-14(2)39-25(37)15(3)31-42(43,41-18-9-8-16-6-4-5-7-17(16)10-18)38-13-27(26(29)30)23(36)22(35)24(40-27)32-12-19(28)20(33)11-21(32)34/h4-10,12,14-15,22-24,26,35-36H,11,13H2,1-3H3,(H,31,43)/t15-,22+,23+,24+,27+,42?/m0/s1. The zero-order chi connectivity index (χ0) is 31.7. The molecule has 0 spiro atoms. The number of halogens is 3. The molecular weight excluding hydrogens is 616 g/mol. The molecule has 234 valence electrons. The molecular formula is C27H30F3N2O9PS. The Morgan fingerprint density at radius 2 is 1.86 bits per heavy atom. The Labute approximate surface area is 249 Å². The first kappa shape index (κ1) is 33.0. The molecule has 2 aromatic carbocycles. The molecule has 43 heavy (non-hydrogen) atoms. The zero-order valence-electron chi connectivity index (χ0n) is 23.2. The van der Waals surface area contributed by atoms with E-state index in [2.05, 4.69) is 5.09 Å². The smallest absolute Gasteiger partial charge is 0.323 e. The largest absolute Gasteiger partial charge is 0.462 e. The normalized spacial score (nSPS) is 26.5. The summed E-state index contributed by atoms with van der Waals surface area (Å²) < 4.78 is 65.4. The molecule has 0 aromatic heterocycles. The Hall–Kier alpha value is -2.91. The van der Waals surface area contributed by atoms with Crippen molar-refractivity contribution in [2.75, 3.05) is 6.61 Å². The fourth-order valence-electron chi connectivity index (χ4n) is 4.45. The second-order valence-electron chi connectivity index (χ2n) is 10.3. The van der Waals surface area contributed by atoms with Crippen molar-refractivity contribution in [3.63, 3.8) is 0 Å². The zero-order valence-corrected chi connectivity index (χ0v) is 24.9. The molecule has 2 heterocycles. The third kappa shape index (κ3) is 7.09. The Kier molecular flexibility index (Phi) is 9.96. The van der Waals surface area contributed by atoms with E-state index in [1.165, 1.54) is 6.92 Å². The summed E-state index contributed by atoms with van der Waals surface area (Å²) in [6.07, 6.45) is -11.1. The van der Waals surface area contributed by atoms with Crippen molar-refractivity contribution in [1.29, 1.82) is 0 Å². The average molecular weight is 647 g/mol. The molecule has 2 aliphatic heterocycles. The number of ether oxygens (including phenoxy) is 2. The maximum absolute atomic E-state index is 14.6. The van der Waals surface area contributed by atoms with Gasteiger partial charge in [0.1, 0.15) is 24.0 Å². The first-order chi connectivity index (χ1) is 20.2. The van der Waals surface area contributed by atoms with Crippen molar-refractivity contribution >= 4 is 46.9 Å². The van der Waals surface area contributed by atoms with Gasteiger partial charge in [0.2, 0.25) is 11.7 Å². The summed E-state index contributed by atoms with van der Waals surface area (Å²) in [7, 11) is 0. The number of amides is 1. The van der Waals surface area contributed by atoms with E-state index < -0.39 is 85.8 Å². The molecule has 0 aliphatic carbocycles. The van der Waals surface area contributed by atoms with Crippen LogP contribution in [0, 0.1) is 0 Å². The van der Waals surface area contributed by atoms with Crippen molar-refractivity contribution in [3.05, 3.63) is 54.5 Å². The van der Waals surface area contributed by atoms with Gasteiger partial charge in [-0.1, -0.05) is 30.3 Å². The minimum Gasteiger partial charge on any atom is -0.462 e. The fourth-order valence-corrected chi connectivity index (χ4v) is 6.86. The molecule has 2 aromatic rings. The van der Waals surface area contributed by atoms with Crippen molar-refractivity contribution in [2.24, 2.45) is 0 Å². The number of hydrogen-bond acceptors (Lipinski definition) is 10. The lowest BCUT2D eigenvalue weighted by Crippen LogP contribution is -2.53. The van der Waals surface area contributed by atoms with Crippen LogP contribution >= 0.6 is 6.64 Å². The topological polar surface area (TPSA) is 144 Å². The van der Waals surface area contributed by atoms with Gasteiger partial charge in [0.15, 0.2) is 17.7 Å². The van der Waals surface area contributed by atoms with E-state index in [9.17, 15) is 37.8 Å². The maximum Gasteiger partial charge on any atom is 0.323 e. The number of fused-ring (bicyclic) bond motifs is 1. The number of nitrogens with zero attached hydrogens (tertiary/aromatic N) is 1. The Balaban J connectivity index is 1.63. The molecule has 0 saturated carbocycles. The average Bonchev–Trinajstić information content (AvgIpc) is 3.19. The SMILES string of the molecule is CC(C)OC(=O)[C@H](C)NP(=S)(OC[C@@]1(C(F)F)O[C@@H](N2C=C(F)C(=O)CC2=O)[C@H](O)[C@H]1O)Oc1ccc2ccccc2c1. The number of alkyl halides is 2. The van der Waals surface area contributed by atoms with Crippen LogP contribution < -0.4 is 9.61 Å². The third-order valence-corrected chi connectivity index (χ3v) is 9.16.